The van der Waals surface area contributed by atoms with Crippen LogP contribution in [0.1, 0.15) is 42.7 Å². The number of methoxy groups -OCH3 is 3. The van der Waals surface area contributed by atoms with Crippen molar-refractivity contribution < 1.29 is 38.6 Å². The largest absolute Gasteiger partial charge is 0.500 e. The maximum absolute atomic E-state index is 13.8. The van der Waals surface area contributed by atoms with Crippen LogP contribution in [0.25, 0.3) is 0 Å². The summed E-state index contributed by atoms with van der Waals surface area (Å²) >= 11 is 0. The summed E-state index contributed by atoms with van der Waals surface area (Å²) in [5, 5.41) is 25.4. The SMILES string of the molecule is COCCOC(=O)C1=C(C)NC2=C(C(=O)C[C@H](c3ccccc3OC)C2)[C@@H]1c1cc(OC)c(O)c([N+](=O)[O-])c1. The summed E-state index contributed by atoms with van der Waals surface area (Å²) in [6, 6.07) is 10.0. The minimum Gasteiger partial charge on any atom is -0.500 e. The third kappa shape index (κ3) is 5.30. The van der Waals surface area contributed by atoms with Gasteiger partial charge in [0, 0.05) is 48.4 Å². The Balaban J connectivity index is 1.87. The van der Waals surface area contributed by atoms with Crippen LogP contribution in [-0.4, -0.2) is 56.3 Å². The number of nitrogens with one attached hydrogen (secondary N) is 1. The van der Waals surface area contributed by atoms with E-state index in [2.05, 4.69) is 5.32 Å². The average molecular weight is 539 g/mol. The van der Waals surface area contributed by atoms with Gasteiger partial charge in [-0.15, -0.1) is 0 Å². The number of nitrogens with zero attached hydrogens (tertiary/aromatic N) is 1. The van der Waals surface area contributed by atoms with E-state index in [4.69, 9.17) is 18.9 Å². The van der Waals surface area contributed by atoms with Gasteiger partial charge >= 0.3 is 11.7 Å². The second-order valence-corrected chi connectivity index (χ2v) is 9.24. The highest BCUT2D eigenvalue weighted by Gasteiger charge is 2.43. The van der Waals surface area contributed by atoms with Crippen molar-refractivity contribution in [3.05, 3.63) is 80.2 Å². The van der Waals surface area contributed by atoms with Gasteiger partial charge in [0.15, 0.2) is 11.5 Å². The summed E-state index contributed by atoms with van der Waals surface area (Å²) < 4.78 is 21.1. The first-order valence-corrected chi connectivity index (χ1v) is 12.3. The topological polar surface area (TPSA) is 146 Å². The molecule has 1 aliphatic heterocycles. The van der Waals surface area contributed by atoms with Crippen molar-refractivity contribution in [2.45, 2.75) is 31.6 Å². The molecule has 0 spiro atoms. The van der Waals surface area contributed by atoms with E-state index in [0.29, 0.717) is 29.1 Å². The Bertz CT molecular complexity index is 1380. The predicted molar refractivity (Wildman–Crippen MR) is 140 cm³/mol. The Morgan fingerprint density at radius 3 is 2.49 bits per heavy atom. The number of hydrogen-bond donors (Lipinski definition) is 2. The lowest BCUT2D eigenvalue weighted by molar-refractivity contribution is -0.386. The van der Waals surface area contributed by atoms with Crippen molar-refractivity contribution in [2.75, 3.05) is 34.5 Å². The molecule has 1 heterocycles. The Morgan fingerprint density at radius 1 is 1.10 bits per heavy atom. The lowest BCUT2D eigenvalue weighted by Crippen LogP contribution is -2.36. The molecule has 39 heavy (non-hydrogen) atoms. The molecule has 1 aliphatic carbocycles. The minimum atomic E-state index is -0.990. The number of allylic oxidation sites excluding steroid dienone is 3. The number of dihydropyridines is 1. The third-order valence-corrected chi connectivity index (χ3v) is 6.97. The van der Waals surface area contributed by atoms with Crippen molar-refractivity contribution in [2.24, 2.45) is 0 Å². The zero-order valence-corrected chi connectivity index (χ0v) is 22.1. The fourth-order valence-electron chi connectivity index (χ4n) is 5.24. The second-order valence-electron chi connectivity index (χ2n) is 9.24. The molecule has 2 atom stereocenters. The summed E-state index contributed by atoms with van der Waals surface area (Å²) in [6.45, 7) is 1.84. The first-order valence-electron chi connectivity index (χ1n) is 12.3. The number of rotatable bonds is 9. The van der Waals surface area contributed by atoms with Gasteiger partial charge in [-0.2, -0.15) is 0 Å². The molecule has 11 nitrogen and oxygen atoms in total. The van der Waals surface area contributed by atoms with Crippen molar-refractivity contribution in [1.82, 2.24) is 5.32 Å². The Labute approximate surface area is 225 Å². The number of benzene rings is 2. The van der Waals surface area contributed by atoms with Crippen LogP contribution in [0, 0.1) is 10.1 Å². The van der Waals surface area contributed by atoms with E-state index in [1.54, 1.807) is 14.0 Å². The molecule has 0 aromatic heterocycles. The van der Waals surface area contributed by atoms with Crippen LogP contribution < -0.4 is 14.8 Å². The summed E-state index contributed by atoms with van der Waals surface area (Å²) in [6.07, 6.45) is 0.582. The number of phenolic OH excluding ortho intramolecular Hbond substituents is 1. The molecule has 11 heteroatoms. The molecule has 2 aromatic carbocycles. The maximum Gasteiger partial charge on any atom is 0.336 e. The molecule has 0 fully saturated rings. The number of esters is 1. The zero-order chi connectivity index (χ0) is 28.3. The van der Waals surface area contributed by atoms with Crippen LogP contribution in [0.5, 0.6) is 17.2 Å². The van der Waals surface area contributed by atoms with Crippen molar-refractivity contribution >= 4 is 17.4 Å². The number of carbonyl (C=O) groups excluding carboxylic acids is 2. The van der Waals surface area contributed by atoms with Crippen LogP contribution >= 0.6 is 0 Å². The molecule has 0 unspecified atom stereocenters. The Morgan fingerprint density at radius 2 is 1.82 bits per heavy atom. The van der Waals surface area contributed by atoms with E-state index in [-0.39, 0.29) is 48.2 Å². The smallest absolute Gasteiger partial charge is 0.336 e. The number of hydrogen-bond acceptors (Lipinski definition) is 10. The summed E-state index contributed by atoms with van der Waals surface area (Å²) in [4.78, 5) is 38.2. The van der Waals surface area contributed by atoms with Gasteiger partial charge in [0.05, 0.1) is 31.3 Å². The van der Waals surface area contributed by atoms with E-state index in [0.717, 1.165) is 11.6 Å². The van der Waals surface area contributed by atoms with Crippen LogP contribution in [0.4, 0.5) is 5.69 Å². The third-order valence-electron chi connectivity index (χ3n) is 6.97. The predicted octanol–water partition coefficient (Wildman–Crippen LogP) is 3.87. The molecule has 0 saturated carbocycles. The number of nitro groups is 1. The summed E-state index contributed by atoms with van der Waals surface area (Å²) in [5.74, 6) is -2.23. The summed E-state index contributed by atoms with van der Waals surface area (Å²) in [7, 11) is 4.31. The van der Waals surface area contributed by atoms with Gasteiger partial charge < -0.3 is 29.4 Å². The number of ether oxygens (including phenoxy) is 4. The van der Waals surface area contributed by atoms with Crippen molar-refractivity contribution in [3.8, 4) is 17.2 Å². The second kappa shape index (κ2) is 11.6. The van der Waals surface area contributed by atoms with Crippen LogP contribution in [0.15, 0.2) is 58.9 Å². The molecule has 2 aromatic rings. The highest BCUT2D eigenvalue weighted by atomic mass is 16.6. The van der Waals surface area contributed by atoms with Gasteiger partial charge in [0.1, 0.15) is 12.4 Å². The van der Waals surface area contributed by atoms with Gasteiger partial charge in [-0.05, 0) is 36.6 Å². The van der Waals surface area contributed by atoms with Gasteiger partial charge in [0.2, 0.25) is 5.75 Å². The minimum absolute atomic E-state index is 0.0202. The maximum atomic E-state index is 13.8. The average Bonchev–Trinajstić information content (AvgIpc) is 2.92. The molecule has 206 valence electrons. The zero-order valence-electron chi connectivity index (χ0n) is 22.1. The first kappa shape index (κ1) is 27.6. The number of carbonyl (C=O) groups is 2. The van der Waals surface area contributed by atoms with Crippen molar-refractivity contribution in [3.63, 3.8) is 0 Å². The number of phenols is 1. The van der Waals surface area contributed by atoms with E-state index < -0.39 is 28.2 Å². The molecule has 2 N–H and O–H groups in total. The highest BCUT2D eigenvalue weighted by Crippen LogP contribution is 2.49. The van der Waals surface area contributed by atoms with Crippen LogP contribution in [0.2, 0.25) is 0 Å². The quantitative estimate of drug-likeness (QED) is 0.209. The lowest BCUT2D eigenvalue weighted by Gasteiger charge is -2.37. The van der Waals surface area contributed by atoms with E-state index in [1.807, 2.05) is 24.3 Å². The monoisotopic (exact) mass is 538 g/mol. The highest BCUT2D eigenvalue weighted by molar-refractivity contribution is 6.04. The fourth-order valence-corrected chi connectivity index (χ4v) is 5.24. The number of nitro benzene ring substituents is 1. The van der Waals surface area contributed by atoms with Crippen LogP contribution in [-0.2, 0) is 19.1 Å². The van der Waals surface area contributed by atoms with E-state index >= 15 is 0 Å². The Kier molecular flexibility index (Phi) is 8.20. The molecule has 0 bridgehead atoms. The molecular formula is C28H30N2O9. The molecule has 0 amide bonds. The van der Waals surface area contributed by atoms with Gasteiger partial charge in [0.25, 0.3) is 0 Å². The number of Topliss-reactive ketones (excluding diaryl/α,β-unsaturated/α-hetero) is 1. The summed E-state index contributed by atoms with van der Waals surface area (Å²) in [5.41, 5.74) is 2.02. The van der Waals surface area contributed by atoms with Crippen molar-refractivity contribution in [1.29, 1.82) is 0 Å². The molecule has 4 rings (SSSR count). The molecule has 0 saturated heterocycles. The van der Waals surface area contributed by atoms with Gasteiger partial charge in [-0.3, -0.25) is 14.9 Å². The normalized spacial score (nSPS) is 18.8. The Hall–Kier alpha value is -4.38. The van der Waals surface area contributed by atoms with E-state index in [9.17, 15) is 24.8 Å². The first-order chi connectivity index (χ1) is 18.7. The number of aromatic hydroxyl groups is 1. The van der Waals surface area contributed by atoms with Gasteiger partial charge in [-0.25, -0.2) is 4.79 Å². The lowest BCUT2D eigenvalue weighted by atomic mass is 9.71. The molecule has 2 aliphatic rings. The standard InChI is InChI=1S/C28H30N2O9/c1-15-24(28(33)39-10-9-36-2)25(17-12-20(30(34)35)27(32)23(14-17)38-4)26-19(29-15)11-16(13-21(26)31)18-7-5-6-8-22(18)37-3/h5-8,12,14,16,25,29,32H,9-11,13H2,1-4H3/t16-,25-/m1/s1. The molecule has 0 radical (unpaired) electrons. The van der Waals surface area contributed by atoms with Gasteiger partial charge in [-0.1, -0.05) is 18.2 Å². The fraction of sp³-hybridized carbons (Fsp3) is 0.357. The number of para-hydroxylation sites is 1. The molecular weight excluding hydrogens is 508 g/mol. The van der Waals surface area contributed by atoms with Crippen LogP contribution in [0.3, 0.4) is 0 Å². The number of ketones is 1. The van der Waals surface area contributed by atoms with E-state index in [1.165, 1.54) is 20.3 Å².